The van der Waals surface area contributed by atoms with E-state index in [1.54, 1.807) is 7.11 Å². The number of aliphatic imine (C=N–C) groups is 1. The number of carbonyl (C=O) groups is 1. The molecule has 1 aromatic rings. The Kier molecular flexibility index (Phi) is 12.6. The number of amides is 1. The average molecular weight is 492 g/mol. The molecule has 0 saturated heterocycles. The van der Waals surface area contributed by atoms with Crippen molar-refractivity contribution in [1.82, 2.24) is 16.0 Å². The Morgan fingerprint density at radius 2 is 1.85 bits per heavy atom. The summed E-state index contributed by atoms with van der Waals surface area (Å²) in [4.78, 5) is 16.1. The lowest BCUT2D eigenvalue weighted by Gasteiger charge is -2.19. The first kappa shape index (κ1) is 25.3. The number of rotatable bonds is 8. The number of hydrogen-bond donors (Lipinski definition) is 3. The summed E-state index contributed by atoms with van der Waals surface area (Å²) in [5.41, 5.74) is 0.684. The fraction of sp³-hybridized carbons (Fsp3) is 0.579. The van der Waals surface area contributed by atoms with E-state index >= 15 is 0 Å². The Bertz CT molecular complexity index is 589. The van der Waals surface area contributed by atoms with Gasteiger partial charge in [-0.3, -0.25) is 4.99 Å². The molecule has 0 heterocycles. The highest BCUT2D eigenvalue weighted by molar-refractivity contribution is 14.0. The van der Waals surface area contributed by atoms with Gasteiger partial charge in [-0.05, 0) is 51.8 Å². The fourth-order valence-electron chi connectivity index (χ4n) is 2.13. The average Bonchev–Trinajstić information content (AvgIpc) is 2.57. The molecule has 0 unspecified atom stereocenters. The maximum Gasteiger partial charge on any atom is 0.407 e. The number of ether oxygens (including phenoxy) is 2. The number of halogens is 1. The fourth-order valence-corrected chi connectivity index (χ4v) is 2.13. The summed E-state index contributed by atoms with van der Waals surface area (Å²) in [7, 11) is 1.66. The highest BCUT2D eigenvalue weighted by Gasteiger charge is 2.15. The van der Waals surface area contributed by atoms with Gasteiger partial charge in [0.25, 0.3) is 0 Å². The molecule has 1 amide bonds. The van der Waals surface area contributed by atoms with Gasteiger partial charge in [0, 0.05) is 26.2 Å². The summed E-state index contributed by atoms with van der Waals surface area (Å²) in [6.45, 7) is 9.96. The van der Waals surface area contributed by atoms with E-state index in [0.29, 0.717) is 19.6 Å². The van der Waals surface area contributed by atoms with Gasteiger partial charge >= 0.3 is 6.09 Å². The minimum absolute atomic E-state index is 0. The van der Waals surface area contributed by atoms with E-state index in [9.17, 15) is 4.79 Å². The first-order valence-corrected chi connectivity index (χ1v) is 8.96. The zero-order valence-electron chi connectivity index (χ0n) is 16.9. The molecule has 1 rings (SSSR count). The molecule has 0 aliphatic carbocycles. The Balaban J connectivity index is 0.00000676. The molecule has 0 bridgehead atoms. The lowest BCUT2D eigenvalue weighted by atomic mass is 10.1. The van der Waals surface area contributed by atoms with E-state index in [4.69, 9.17) is 9.47 Å². The van der Waals surface area contributed by atoms with Crippen LogP contribution in [0.2, 0.25) is 0 Å². The quantitative estimate of drug-likeness (QED) is 0.225. The van der Waals surface area contributed by atoms with Crippen molar-refractivity contribution in [3.63, 3.8) is 0 Å². The molecule has 0 spiro atoms. The van der Waals surface area contributed by atoms with Crippen LogP contribution >= 0.6 is 24.0 Å². The number of carbonyl (C=O) groups excluding carboxylic acids is 1. The number of alkyl carbamates (subject to hydrolysis) is 1. The topological polar surface area (TPSA) is 84.0 Å². The van der Waals surface area contributed by atoms with Gasteiger partial charge in [-0.15, -0.1) is 24.0 Å². The van der Waals surface area contributed by atoms with Crippen molar-refractivity contribution >= 4 is 36.0 Å². The smallest absolute Gasteiger partial charge is 0.407 e. The van der Waals surface area contributed by atoms with Crippen molar-refractivity contribution in [3.8, 4) is 5.75 Å². The standard InChI is InChI=1S/C19H32N4O3.HI/c1-6-20-17(22-12-13-23-18(24)26-19(2,3)4)21-11-10-15-8-7-9-16(14-15)25-5;/h7-9,14H,6,10-13H2,1-5H3,(H,23,24)(H2,20,21,22);1H. The van der Waals surface area contributed by atoms with Crippen LogP contribution in [0.15, 0.2) is 29.3 Å². The Morgan fingerprint density at radius 3 is 2.48 bits per heavy atom. The van der Waals surface area contributed by atoms with Gasteiger partial charge in [0.2, 0.25) is 0 Å². The van der Waals surface area contributed by atoms with Gasteiger partial charge in [0.1, 0.15) is 11.4 Å². The molecule has 0 saturated carbocycles. The molecule has 7 nitrogen and oxygen atoms in total. The number of hydrogen-bond acceptors (Lipinski definition) is 4. The van der Waals surface area contributed by atoms with Crippen LogP contribution in [0.1, 0.15) is 33.3 Å². The van der Waals surface area contributed by atoms with Crippen LogP contribution in [-0.2, 0) is 11.2 Å². The van der Waals surface area contributed by atoms with Crippen LogP contribution in [-0.4, -0.2) is 50.9 Å². The van der Waals surface area contributed by atoms with Gasteiger partial charge in [-0.25, -0.2) is 4.79 Å². The van der Waals surface area contributed by atoms with Gasteiger partial charge in [0.05, 0.1) is 7.11 Å². The molecular weight excluding hydrogens is 459 g/mol. The van der Waals surface area contributed by atoms with Gasteiger partial charge in [0.15, 0.2) is 5.96 Å². The maximum absolute atomic E-state index is 11.6. The molecule has 0 radical (unpaired) electrons. The van der Waals surface area contributed by atoms with E-state index in [1.807, 2.05) is 45.9 Å². The predicted molar refractivity (Wildman–Crippen MR) is 120 cm³/mol. The van der Waals surface area contributed by atoms with Crippen molar-refractivity contribution in [1.29, 1.82) is 0 Å². The lowest BCUT2D eigenvalue weighted by Crippen LogP contribution is -2.42. The van der Waals surface area contributed by atoms with Crippen LogP contribution in [0, 0.1) is 0 Å². The molecule has 0 fully saturated rings. The minimum Gasteiger partial charge on any atom is -0.497 e. The molecule has 0 aromatic heterocycles. The molecule has 3 N–H and O–H groups in total. The zero-order chi connectivity index (χ0) is 19.4. The largest absolute Gasteiger partial charge is 0.497 e. The summed E-state index contributed by atoms with van der Waals surface area (Å²) >= 11 is 0. The first-order chi connectivity index (χ1) is 12.3. The molecule has 8 heteroatoms. The Hall–Kier alpha value is -1.71. The summed E-state index contributed by atoms with van der Waals surface area (Å²) in [5, 5.41) is 9.09. The van der Waals surface area contributed by atoms with E-state index in [2.05, 4.69) is 27.0 Å². The molecule has 27 heavy (non-hydrogen) atoms. The third kappa shape index (κ3) is 12.3. The molecule has 154 valence electrons. The first-order valence-electron chi connectivity index (χ1n) is 8.96. The van der Waals surface area contributed by atoms with E-state index in [1.165, 1.54) is 5.56 Å². The number of guanidine groups is 1. The predicted octanol–water partition coefficient (Wildman–Crippen LogP) is 2.94. The van der Waals surface area contributed by atoms with E-state index in [0.717, 1.165) is 24.7 Å². The van der Waals surface area contributed by atoms with Crippen LogP contribution in [0.5, 0.6) is 5.75 Å². The van der Waals surface area contributed by atoms with Crippen molar-refractivity contribution < 1.29 is 14.3 Å². The Labute approximate surface area is 179 Å². The summed E-state index contributed by atoms with van der Waals surface area (Å²) < 4.78 is 10.4. The highest BCUT2D eigenvalue weighted by atomic mass is 127. The van der Waals surface area contributed by atoms with Crippen molar-refractivity contribution in [3.05, 3.63) is 29.8 Å². The number of methoxy groups -OCH3 is 1. The number of nitrogens with zero attached hydrogens (tertiary/aromatic N) is 1. The van der Waals surface area contributed by atoms with Crippen LogP contribution in [0.25, 0.3) is 0 Å². The van der Waals surface area contributed by atoms with Gasteiger partial charge < -0.3 is 25.4 Å². The minimum atomic E-state index is -0.492. The second kappa shape index (κ2) is 13.5. The molecular formula is C19H33IN4O3. The maximum atomic E-state index is 11.6. The normalized spacial score (nSPS) is 11.2. The third-order valence-electron chi connectivity index (χ3n) is 3.23. The molecule has 0 aliphatic heterocycles. The van der Waals surface area contributed by atoms with Crippen LogP contribution in [0.3, 0.4) is 0 Å². The molecule has 1 aromatic carbocycles. The van der Waals surface area contributed by atoms with Crippen LogP contribution in [0.4, 0.5) is 4.79 Å². The van der Waals surface area contributed by atoms with Crippen molar-refractivity contribution in [2.45, 2.75) is 39.7 Å². The number of benzene rings is 1. The summed E-state index contributed by atoms with van der Waals surface area (Å²) in [6.07, 6.45) is 0.406. The molecule has 0 atom stereocenters. The second-order valence-electron chi connectivity index (χ2n) is 6.72. The lowest BCUT2D eigenvalue weighted by molar-refractivity contribution is 0.0529. The monoisotopic (exact) mass is 492 g/mol. The van der Waals surface area contributed by atoms with Gasteiger partial charge in [-0.1, -0.05) is 12.1 Å². The molecule has 0 aliphatic rings. The van der Waals surface area contributed by atoms with Crippen molar-refractivity contribution in [2.75, 3.05) is 33.3 Å². The summed E-state index contributed by atoms with van der Waals surface area (Å²) in [5.74, 6) is 1.58. The highest BCUT2D eigenvalue weighted by Crippen LogP contribution is 2.12. The zero-order valence-corrected chi connectivity index (χ0v) is 19.3. The summed E-state index contributed by atoms with van der Waals surface area (Å²) in [6, 6.07) is 7.98. The number of nitrogens with one attached hydrogen (secondary N) is 3. The Morgan fingerprint density at radius 1 is 1.15 bits per heavy atom. The third-order valence-corrected chi connectivity index (χ3v) is 3.23. The second-order valence-corrected chi connectivity index (χ2v) is 6.72. The van der Waals surface area contributed by atoms with Crippen molar-refractivity contribution in [2.24, 2.45) is 4.99 Å². The van der Waals surface area contributed by atoms with Gasteiger partial charge in [-0.2, -0.15) is 0 Å². The SMILES string of the molecule is CCNC(=NCCc1cccc(OC)c1)NCCNC(=O)OC(C)(C)C.I. The van der Waals surface area contributed by atoms with E-state index < -0.39 is 11.7 Å². The van der Waals surface area contributed by atoms with Crippen LogP contribution < -0.4 is 20.7 Å². The van der Waals surface area contributed by atoms with E-state index in [-0.39, 0.29) is 24.0 Å².